The lowest BCUT2D eigenvalue weighted by Gasteiger charge is -1.98. The maximum atomic E-state index is 11.2. The molecule has 0 aromatic carbocycles. The van der Waals surface area contributed by atoms with Crippen molar-refractivity contribution in [3.05, 3.63) is 41.7 Å². The van der Waals surface area contributed by atoms with Gasteiger partial charge in [0.05, 0.1) is 0 Å². The number of halogens is 1. The number of rotatable bonds is 3. The number of hydrogen-bond acceptors (Lipinski definition) is 3. The lowest BCUT2D eigenvalue weighted by molar-refractivity contribution is -0.111. The number of nitrogens with zero attached hydrogens (tertiary/aromatic N) is 2. The van der Waals surface area contributed by atoms with Crippen LogP contribution in [0.15, 0.2) is 36.6 Å². The summed E-state index contributed by atoms with van der Waals surface area (Å²) in [6, 6.07) is 1.53. The molecule has 1 aromatic heterocycles. The Morgan fingerprint density at radius 1 is 1.53 bits per heavy atom. The van der Waals surface area contributed by atoms with Gasteiger partial charge in [-0.05, 0) is 13.0 Å². The van der Waals surface area contributed by atoms with E-state index in [-0.39, 0.29) is 17.0 Å². The lowest BCUT2D eigenvalue weighted by atomic mass is 10.4. The molecule has 0 atom stereocenters. The van der Waals surface area contributed by atoms with Gasteiger partial charge in [-0.2, -0.15) is 0 Å². The van der Waals surface area contributed by atoms with Gasteiger partial charge in [0.2, 0.25) is 5.95 Å². The summed E-state index contributed by atoms with van der Waals surface area (Å²) in [5, 5.41) is 2.76. The van der Waals surface area contributed by atoms with Gasteiger partial charge in [0.15, 0.2) is 0 Å². The minimum Gasteiger partial charge on any atom is -0.291 e. The van der Waals surface area contributed by atoms with Crippen LogP contribution in [0.3, 0.4) is 0 Å². The summed E-state index contributed by atoms with van der Waals surface area (Å²) in [5.74, 6) is -0.104. The van der Waals surface area contributed by atoms with Crippen LogP contribution in [0.1, 0.15) is 6.92 Å². The Balaban J connectivity index is 2.59. The van der Waals surface area contributed by atoms with Crippen LogP contribution in [-0.2, 0) is 4.79 Å². The molecule has 1 amide bonds. The SMILES string of the molecule is CC=CC=CC(=O)Nc1nccc(Cl)n1. The largest absolute Gasteiger partial charge is 0.291 e. The highest BCUT2D eigenvalue weighted by Crippen LogP contribution is 2.05. The summed E-state index contributed by atoms with van der Waals surface area (Å²) in [6.45, 7) is 1.86. The van der Waals surface area contributed by atoms with Crippen LogP contribution >= 0.6 is 11.6 Å². The smallest absolute Gasteiger partial charge is 0.250 e. The molecule has 15 heavy (non-hydrogen) atoms. The zero-order chi connectivity index (χ0) is 11.1. The molecule has 0 aliphatic rings. The van der Waals surface area contributed by atoms with E-state index in [0.29, 0.717) is 0 Å². The molecule has 1 rings (SSSR count). The Morgan fingerprint density at radius 3 is 3.00 bits per heavy atom. The number of amides is 1. The molecular weight excluding hydrogens is 214 g/mol. The molecule has 0 aliphatic carbocycles. The number of nitrogens with one attached hydrogen (secondary N) is 1. The minimum absolute atomic E-state index is 0.192. The van der Waals surface area contributed by atoms with E-state index >= 15 is 0 Å². The molecule has 78 valence electrons. The number of carbonyl (C=O) groups is 1. The maximum Gasteiger partial charge on any atom is 0.250 e. The van der Waals surface area contributed by atoms with Crippen molar-refractivity contribution in [1.82, 2.24) is 9.97 Å². The first kappa shape index (κ1) is 11.4. The van der Waals surface area contributed by atoms with E-state index < -0.39 is 0 Å². The minimum atomic E-state index is -0.296. The summed E-state index contributed by atoms with van der Waals surface area (Å²) in [5.41, 5.74) is 0. The molecule has 0 unspecified atom stereocenters. The van der Waals surface area contributed by atoms with Crippen molar-refractivity contribution >= 4 is 23.5 Å². The van der Waals surface area contributed by atoms with E-state index in [0.717, 1.165) is 0 Å². The fourth-order valence-corrected chi connectivity index (χ4v) is 0.939. The van der Waals surface area contributed by atoms with Crippen molar-refractivity contribution in [3.63, 3.8) is 0 Å². The first-order valence-electron chi connectivity index (χ1n) is 4.31. The number of anilines is 1. The van der Waals surface area contributed by atoms with E-state index in [4.69, 9.17) is 11.6 Å². The molecule has 0 bridgehead atoms. The third-order valence-corrected chi connectivity index (χ3v) is 1.62. The summed E-state index contributed by atoms with van der Waals surface area (Å²) < 4.78 is 0. The predicted octanol–water partition coefficient (Wildman–Crippen LogP) is 2.20. The molecule has 0 saturated carbocycles. The van der Waals surface area contributed by atoms with Crippen LogP contribution in [-0.4, -0.2) is 15.9 Å². The molecule has 1 N–H and O–H groups in total. The van der Waals surface area contributed by atoms with E-state index in [1.807, 2.05) is 13.0 Å². The van der Waals surface area contributed by atoms with E-state index in [2.05, 4.69) is 15.3 Å². The summed E-state index contributed by atoms with van der Waals surface area (Å²) in [7, 11) is 0. The second-order valence-corrected chi connectivity index (χ2v) is 2.96. The van der Waals surface area contributed by atoms with Crippen LogP contribution < -0.4 is 5.32 Å². The molecular formula is C10H10ClN3O. The first-order valence-corrected chi connectivity index (χ1v) is 4.69. The van der Waals surface area contributed by atoms with Gasteiger partial charge in [-0.3, -0.25) is 10.1 Å². The number of carbonyl (C=O) groups excluding carboxylic acids is 1. The zero-order valence-electron chi connectivity index (χ0n) is 8.14. The van der Waals surface area contributed by atoms with Crippen molar-refractivity contribution < 1.29 is 4.79 Å². The zero-order valence-corrected chi connectivity index (χ0v) is 8.90. The number of hydrogen-bond donors (Lipinski definition) is 1. The van der Waals surface area contributed by atoms with Crippen molar-refractivity contribution in [2.24, 2.45) is 0 Å². The van der Waals surface area contributed by atoms with Crippen molar-refractivity contribution in [2.75, 3.05) is 5.32 Å². The normalized spacial score (nSPS) is 11.1. The van der Waals surface area contributed by atoms with Gasteiger partial charge in [0, 0.05) is 12.3 Å². The summed E-state index contributed by atoms with van der Waals surface area (Å²) in [4.78, 5) is 18.9. The van der Waals surface area contributed by atoms with Gasteiger partial charge >= 0.3 is 0 Å². The molecule has 0 spiro atoms. The third kappa shape index (κ3) is 4.37. The monoisotopic (exact) mass is 223 g/mol. The van der Waals surface area contributed by atoms with Gasteiger partial charge in [-0.1, -0.05) is 29.8 Å². The molecule has 5 heteroatoms. The van der Waals surface area contributed by atoms with Gasteiger partial charge < -0.3 is 0 Å². The molecule has 0 fully saturated rings. The average molecular weight is 224 g/mol. The molecule has 0 aliphatic heterocycles. The predicted molar refractivity (Wildman–Crippen MR) is 59.6 cm³/mol. The maximum absolute atomic E-state index is 11.2. The Morgan fingerprint density at radius 2 is 2.33 bits per heavy atom. The van der Waals surface area contributed by atoms with E-state index in [1.54, 1.807) is 12.2 Å². The Hall–Kier alpha value is -1.68. The average Bonchev–Trinajstić information content (AvgIpc) is 2.18. The fraction of sp³-hybridized carbons (Fsp3) is 0.100. The molecule has 4 nitrogen and oxygen atoms in total. The highest BCUT2D eigenvalue weighted by atomic mass is 35.5. The van der Waals surface area contributed by atoms with E-state index in [1.165, 1.54) is 18.3 Å². The van der Waals surface area contributed by atoms with Crippen LogP contribution in [0.4, 0.5) is 5.95 Å². The number of aromatic nitrogens is 2. The van der Waals surface area contributed by atoms with Gasteiger partial charge in [0.25, 0.3) is 5.91 Å². The van der Waals surface area contributed by atoms with Gasteiger partial charge in [-0.25, -0.2) is 9.97 Å². The Bertz CT molecular complexity index is 401. The van der Waals surface area contributed by atoms with Crippen molar-refractivity contribution in [1.29, 1.82) is 0 Å². The highest BCUT2D eigenvalue weighted by Gasteiger charge is 1.99. The quantitative estimate of drug-likeness (QED) is 0.486. The lowest BCUT2D eigenvalue weighted by Crippen LogP contribution is -2.10. The Labute approximate surface area is 92.7 Å². The van der Waals surface area contributed by atoms with Crippen LogP contribution in [0.5, 0.6) is 0 Å². The second-order valence-electron chi connectivity index (χ2n) is 2.58. The van der Waals surface area contributed by atoms with Crippen molar-refractivity contribution in [3.8, 4) is 0 Å². The van der Waals surface area contributed by atoms with Gasteiger partial charge in [0.1, 0.15) is 5.15 Å². The first-order chi connectivity index (χ1) is 7.22. The standard InChI is InChI=1S/C10H10ClN3O/c1-2-3-4-5-9(15)14-10-12-7-6-8(11)13-10/h2-7H,1H3,(H,12,13,14,15). The molecule has 0 saturated heterocycles. The van der Waals surface area contributed by atoms with Crippen LogP contribution in [0, 0.1) is 0 Å². The van der Waals surface area contributed by atoms with Crippen molar-refractivity contribution in [2.45, 2.75) is 6.92 Å². The Kier molecular flexibility index (Phi) is 4.50. The third-order valence-electron chi connectivity index (χ3n) is 1.41. The molecule has 1 aromatic rings. The van der Waals surface area contributed by atoms with E-state index in [9.17, 15) is 4.79 Å². The van der Waals surface area contributed by atoms with Crippen LogP contribution in [0.2, 0.25) is 5.15 Å². The fourth-order valence-electron chi connectivity index (χ4n) is 0.803. The van der Waals surface area contributed by atoms with Gasteiger partial charge in [-0.15, -0.1) is 0 Å². The topological polar surface area (TPSA) is 54.9 Å². The summed E-state index contributed by atoms with van der Waals surface area (Å²) in [6.07, 6.45) is 8.04. The number of allylic oxidation sites excluding steroid dienone is 3. The molecule has 0 radical (unpaired) electrons. The second kappa shape index (κ2) is 5.93. The summed E-state index contributed by atoms with van der Waals surface area (Å²) >= 11 is 5.62. The van der Waals surface area contributed by atoms with Crippen LogP contribution in [0.25, 0.3) is 0 Å². The molecule has 1 heterocycles. The highest BCUT2D eigenvalue weighted by molar-refractivity contribution is 6.29.